The van der Waals surface area contributed by atoms with E-state index in [9.17, 15) is 14.9 Å². The number of aryl methyl sites for hydroxylation is 1. The highest BCUT2D eigenvalue weighted by Gasteiger charge is 2.23. The molecular formula is C21H19N3O3S. The van der Waals surface area contributed by atoms with Gasteiger partial charge in [0.1, 0.15) is 5.25 Å². The van der Waals surface area contributed by atoms with E-state index in [-0.39, 0.29) is 11.6 Å². The van der Waals surface area contributed by atoms with Gasteiger partial charge in [-0.25, -0.2) is 0 Å². The molecule has 142 valence electrons. The van der Waals surface area contributed by atoms with Gasteiger partial charge in [-0.15, -0.1) is 11.8 Å². The summed E-state index contributed by atoms with van der Waals surface area (Å²) >= 11 is 1.37. The molecule has 0 spiro atoms. The molecule has 1 unspecified atom stereocenters. The Kier molecular flexibility index (Phi) is 5.96. The van der Waals surface area contributed by atoms with Crippen molar-refractivity contribution in [3.63, 3.8) is 0 Å². The second-order valence-corrected chi connectivity index (χ2v) is 7.41. The summed E-state index contributed by atoms with van der Waals surface area (Å²) in [4.78, 5) is 24.5. The van der Waals surface area contributed by atoms with Crippen molar-refractivity contribution in [3.05, 3.63) is 94.0 Å². The summed E-state index contributed by atoms with van der Waals surface area (Å²) in [6.45, 7) is 1.79. The first-order valence-corrected chi connectivity index (χ1v) is 9.45. The van der Waals surface area contributed by atoms with Crippen LogP contribution < -0.4 is 11.1 Å². The third-order valence-electron chi connectivity index (χ3n) is 4.14. The fourth-order valence-electron chi connectivity index (χ4n) is 2.68. The lowest BCUT2D eigenvalue weighted by atomic mass is 10.1. The van der Waals surface area contributed by atoms with E-state index >= 15 is 0 Å². The Labute approximate surface area is 166 Å². The van der Waals surface area contributed by atoms with Crippen LogP contribution in [0.3, 0.4) is 0 Å². The van der Waals surface area contributed by atoms with E-state index in [1.165, 1.54) is 23.9 Å². The maximum Gasteiger partial charge on any atom is 0.271 e. The second kappa shape index (κ2) is 8.58. The average Bonchev–Trinajstić information content (AvgIpc) is 2.68. The van der Waals surface area contributed by atoms with E-state index in [0.717, 1.165) is 16.0 Å². The highest BCUT2D eigenvalue weighted by Crippen LogP contribution is 2.37. The van der Waals surface area contributed by atoms with E-state index in [0.29, 0.717) is 11.4 Å². The lowest BCUT2D eigenvalue weighted by Crippen LogP contribution is -2.19. The number of nitrogens with one attached hydrogen (secondary N) is 1. The van der Waals surface area contributed by atoms with Crippen LogP contribution in [0, 0.1) is 17.0 Å². The SMILES string of the molecule is Cc1ccc([N+](=O)[O-])cc1NC(=O)C(Sc1cccc(N)c1)c1ccccc1. The number of rotatable bonds is 6. The molecule has 0 aliphatic heterocycles. The Hall–Kier alpha value is -3.32. The summed E-state index contributed by atoms with van der Waals surface area (Å²) in [7, 11) is 0. The summed E-state index contributed by atoms with van der Waals surface area (Å²) in [5.74, 6) is -0.262. The molecule has 0 saturated heterocycles. The van der Waals surface area contributed by atoms with Crippen LogP contribution in [-0.4, -0.2) is 10.8 Å². The van der Waals surface area contributed by atoms with Gasteiger partial charge in [-0.2, -0.15) is 0 Å². The number of amides is 1. The van der Waals surface area contributed by atoms with E-state index in [1.54, 1.807) is 19.1 Å². The van der Waals surface area contributed by atoms with Crippen molar-refractivity contribution in [1.29, 1.82) is 0 Å². The van der Waals surface area contributed by atoms with Gasteiger partial charge in [-0.3, -0.25) is 14.9 Å². The molecule has 0 heterocycles. The maximum absolute atomic E-state index is 13.1. The summed E-state index contributed by atoms with van der Waals surface area (Å²) in [5, 5.41) is 13.4. The number of carbonyl (C=O) groups is 1. The number of hydrogen-bond donors (Lipinski definition) is 2. The third-order valence-corrected chi connectivity index (χ3v) is 5.39. The molecule has 6 nitrogen and oxygen atoms in total. The Balaban J connectivity index is 1.91. The van der Waals surface area contributed by atoms with Gasteiger partial charge in [0.2, 0.25) is 5.91 Å². The van der Waals surface area contributed by atoms with Crippen molar-refractivity contribution in [1.82, 2.24) is 0 Å². The van der Waals surface area contributed by atoms with E-state index in [2.05, 4.69) is 5.32 Å². The molecule has 3 aromatic rings. The number of anilines is 2. The molecule has 28 heavy (non-hydrogen) atoms. The van der Waals surface area contributed by atoms with Crippen LogP contribution in [0.15, 0.2) is 77.7 Å². The summed E-state index contributed by atoms with van der Waals surface area (Å²) in [6.07, 6.45) is 0. The summed E-state index contributed by atoms with van der Waals surface area (Å²) in [5.41, 5.74) is 8.41. The molecule has 3 rings (SSSR count). The van der Waals surface area contributed by atoms with Gasteiger partial charge in [0.05, 0.1) is 10.6 Å². The number of non-ortho nitro benzene ring substituents is 1. The van der Waals surface area contributed by atoms with E-state index in [4.69, 9.17) is 5.73 Å². The first-order valence-electron chi connectivity index (χ1n) is 8.57. The van der Waals surface area contributed by atoms with Crippen molar-refractivity contribution < 1.29 is 9.72 Å². The smallest absolute Gasteiger partial charge is 0.271 e. The lowest BCUT2D eigenvalue weighted by Gasteiger charge is -2.18. The van der Waals surface area contributed by atoms with Crippen LogP contribution >= 0.6 is 11.8 Å². The van der Waals surface area contributed by atoms with Crippen molar-refractivity contribution >= 4 is 34.7 Å². The van der Waals surface area contributed by atoms with Crippen LogP contribution in [0.1, 0.15) is 16.4 Å². The van der Waals surface area contributed by atoms with Gasteiger partial charge in [0.15, 0.2) is 0 Å². The zero-order chi connectivity index (χ0) is 20.1. The van der Waals surface area contributed by atoms with Crippen LogP contribution in [0.4, 0.5) is 17.1 Å². The number of hydrogen-bond acceptors (Lipinski definition) is 5. The maximum atomic E-state index is 13.1. The van der Waals surface area contributed by atoms with Crippen LogP contribution in [0.5, 0.6) is 0 Å². The fourth-order valence-corrected chi connectivity index (χ4v) is 3.77. The van der Waals surface area contributed by atoms with Crippen molar-refractivity contribution in [2.75, 3.05) is 11.1 Å². The number of nitro groups is 1. The molecule has 1 atom stereocenters. The van der Waals surface area contributed by atoms with Crippen molar-refractivity contribution in [3.8, 4) is 0 Å². The number of nitrogens with zero attached hydrogens (tertiary/aromatic N) is 1. The number of nitrogen functional groups attached to an aromatic ring is 1. The predicted octanol–water partition coefficient (Wildman–Crippen LogP) is 4.96. The van der Waals surface area contributed by atoms with Gasteiger partial charge in [-0.1, -0.05) is 42.5 Å². The number of benzene rings is 3. The molecule has 0 aromatic heterocycles. The molecule has 0 fully saturated rings. The average molecular weight is 393 g/mol. The van der Waals surface area contributed by atoms with Crippen LogP contribution in [-0.2, 0) is 4.79 Å². The van der Waals surface area contributed by atoms with Crippen molar-refractivity contribution in [2.24, 2.45) is 0 Å². The lowest BCUT2D eigenvalue weighted by molar-refractivity contribution is -0.384. The third kappa shape index (κ3) is 4.69. The molecule has 0 bridgehead atoms. The zero-order valence-corrected chi connectivity index (χ0v) is 16.0. The van der Waals surface area contributed by atoms with Gasteiger partial charge < -0.3 is 11.1 Å². The molecule has 0 saturated carbocycles. The van der Waals surface area contributed by atoms with E-state index in [1.807, 2.05) is 48.5 Å². The Morgan fingerprint density at radius 3 is 2.50 bits per heavy atom. The number of carbonyl (C=O) groups excluding carboxylic acids is 1. The largest absolute Gasteiger partial charge is 0.399 e. The molecule has 0 aliphatic carbocycles. The quantitative estimate of drug-likeness (QED) is 0.267. The standard InChI is InChI=1S/C21H19N3O3S/c1-14-10-11-17(24(26)27)13-19(14)23-21(25)20(15-6-3-2-4-7-15)28-18-9-5-8-16(22)12-18/h2-13,20H,22H2,1H3,(H,23,25). The molecule has 0 radical (unpaired) electrons. The Bertz CT molecular complexity index is 1010. The minimum Gasteiger partial charge on any atom is -0.399 e. The number of nitrogens with two attached hydrogens (primary N) is 1. The monoisotopic (exact) mass is 393 g/mol. The van der Waals surface area contributed by atoms with Gasteiger partial charge >= 0.3 is 0 Å². The predicted molar refractivity (Wildman–Crippen MR) is 112 cm³/mol. The minimum absolute atomic E-state index is 0.0688. The topological polar surface area (TPSA) is 98.3 Å². The van der Waals surface area contributed by atoms with E-state index < -0.39 is 10.2 Å². The van der Waals surface area contributed by atoms with Gasteiger partial charge in [0, 0.05) is 22.7 Å². The number of nitro benzene ring substituents is 1. The number of thioether (sulfide) groups is 1. The van der Waals surface area contributed by atoms with Crippen LogP contribution in [0.25, 0.3) is 0 Å². The minimum atomic E-state index is -0.540. The normalized spacial score (nSPS) is 11.6. The first kappa shape index (κ1) is 19.4. The fraction of sp³-hybridized carbons (Fsp3) is 0.0952. The molecule has 0 aliphatic rings. The highest BCUT2D eigenvalue weighted by atomic mass is 32.2. The van der Waals surface area contributed by atoms with Crippen molar-refractivity contribution in [2.45, 2.75) is 17.1 Å². The molecule has 7 heteroatoms. The van der Waals surface area contributed by atoms with Gasteiger partial charge in [0.25, 0.3) is 5.69 Å². The molecule has 1 amide bonds. The summed E-state index contributed by atoms with van der Waals surface area (Å²) < 4.78 is 0. The van der Waals surface area contributed by atoms with Crippen LogP contribution in [0.2, 0.25) is 0 Å². The molecule has 3 N–H and O–H groups in total. The first-order chi connectivity index (χ1) is 13.4. The highest BCUT2D eigenvalue weighted by molar-refractivity contribution is 8.00. The summed E-state index contributed by atoms with van der Waals surface area (Å²) in [6, 6.07) is 21.1. The Morgan fingerprint density at radius 2 is 1.82 bits per heavy atom. The second-order valence-electron chi connectivity index (χ2n) is 6.23. The van der Waals surface area contributed by atoms with Gasteiger partial charge in [-0.05, 0) is 36.2 Å². The Morgan fingerprint density at radius 1 is 1.07 bits per heavy atom. The molecule has 3 aromatic carbocycles. The molecular weight excluding hydrogens is 374 g/mol. The zero-order valence-electron chi connectivity index (χ0n) is 15.2.